The molecule has 1 saturated heterocycles. The molecule has 0 atom stereocenters. The highest BCUT2D eigenvalue weighted by Gasteiger charge is 2.26. The Labute approximate surface area is 231 Å². The van der Waals surface area contributed by atoms with E-state index in [0.717, 1.165) is 37.5 Å². The second-order valence-electron chi connectivity index (χ2n) is 8.03. The normalized spacial score (nSPS) is 14.9. The Kier molecular flexibility index (Phi) is 10.6. The number of aldehydes is 1. The number of aromatic nitrogens is 3. The van der Waals surface area contributed by atoms with Gasteiger partial charge in [0, 0.05) is 11.3 Å². The summed E-state index contributed by atoms with van der Waals surface area (Å²) >= 11 is 4.54. The van der Waals surface area contributed by atoms with Gasteiger partial charge < -0.3 is 10.2 Å². The van der Waals surface area contributed by atoms with Crippen LogP contribution in [0.25, 0.3) is 0 Å². The van der Waals surface area contributed by atoms with E-state index in [1.807, 2.05) is 5.48 Å². The Balaban J connectivity index is 0.000000631. The van der Waals surface area contributed by atoms with Crippen LogP contribution in [-0.4, -0.2) is 69.2 Å². The molecule has 0 unspecified atom stereocenters. The zero-order valence-electron chi connectivity index (χ0n) is 20.2. The number of anilines is 1. The standard InChI is InChI=1S/C20H21BrFN7O3S.C2HF3O/c1-2-29-7-5-11(6-8-29)20-24-15(10-33-20)19(30)25-18-16(27-32-28-18)17(26-31)23-12-3-4-14(22)13(21)9-12;3-2(4,5)1-6/h3-4,9-11,31H,2,5-8H2,1H3,(H,23,26)(H,25,28,30);1H. The maximum Gasteiger partial charge on any atom is 0.446 e. The molecule has 11 nitrogen and oxygen atoms in total. The lowest BCUT2D eigenvalue weighted by Gasteiger charge is -2.29. The van der Waals surface area contributed by atoms with Gasteiger partial charge in [0.05, 0.1) is 15.2 Å². The molecule has 3 aromatic rings. The number of halogens is 5. The summed E-state index contributed by atoms with van der Waals surface area (Å²) in [6.07, 6.45) is -3.67. The molecule has 3 heterocycles. The van der Waals surface area contributed by atoms with E-state index in [0.29, 0.717) is 11.6 Å². The number of piperidine rings is 1. The number of thiazole rings is 1. The quantitative estimate of drug-likeness (QED) is 0.115. The van der Waals surface area contributed by atoms with Crippen molar-refractivity contribution in [2.24, 2.45) is 4.99 Å². The summed E-state index contributed by atoms with van der Waals surface area (Å²) in [6, 6.07) is 4.04. The van der Waals surface area contributed by atoms with Crippen LogP contribution in [0.1, 0.15) is 46.9 Å². The first-order chi connectivity index (χ1) is 18.5. The summed E-state index contributed by atoms with van der Waals surface area (Å²) in [4.78, 5) is 32.5. The fraction of sp³-hybridized carbons (Fsp3) is 0.364. The minimum atomic E-state index is -4.64. The largest absolute Gasteiger partial charge is 0.446 e. The average Bonchev–Trinajstić information content (AvgIpc) is 3.60. The number of alkyl halides is 3. The van der Waals surface area contributed by atoms with Gasteiger partial charge in [-0.05, 0) is 76.9 Å². The number of likely N-dealkylation sites (tertiary alicyclic amines) is 1. The van der Waals surface area contributed by atoms with Crippen molar-refractivity contribution in [2.75, 3.05) is 25.0 Å². The van der Waals surface area contributed by atoms with Crippen molar-refractivity contribution < 1.29 is 37.0 Å². The molecule has 1 amide bonds. The number of nitrogens with zero attached hydrogens (tertiary/aromatic N) is 5. The molecule has 39 heavy (non-hydrogen) atoms. The van der Waals surface area contributed by atoms with E-state index in [9.17, 15) is 27.6 Å². The molecule has 4 rings (SSSR count). The summed E-state index contributed by atoms with van der Waals surface area (Å²) in [7, 11) is 0. The van der Waals surface area contributed by atoms with E-state index in [-0.39, 0.29) is 27.5 Å². The Hall–Kier alpha value is -3.28. The lowest BCUT2D eigenvalue weighted by molar-refractivity contribution is -0.156. The van der Waals surface area contributed by atoms with Gasteiger partial charge in [0.25, 0.3) is 5.91 Å². The van der Waals surface area contributed by atoms with E-state index < -0.39 is 24.2 Å². The third-order valence-corrected chi connectivity index (χ3v) is 7.08. The van der Waals surface area contributed by atoms with Crippen molar-refractivity contribution in [1.29, 1.82) is 0 Å². The molecule has 1 aromatic carbocycles. The van der Waals surface area contributed by atoms with Gasteiger partial charge in [0.15, 0.2) is 11.5 Å². The predicted molar refractivity (Wildman–Crippen MR) is 136 cm³/mol. The van der Waals surface area contributed by atoms with Gasteiger partial charge in [-0.1, -0.05) is 6.92 Å². The molecule has 1 aliphatic rings. The summed E-state index contributed by atoms with van der Waals surface area (Å²) in [5.74, 6) is -0.792. The zero-order valence-corrected chi connectivity index (χ0v) is 22.6. The fourth-order valence-corrected chi connectivity index (χ4v) is 4.83. The van der Waals surface area contributed by atoms with E-state index in [1.165, 1.54) is 29.5 Å². The van der Waals surface area contributed by atoms with E-state index >= 15 is 0 Å². The molecule has 3 N–H and O–H groups in total. The highest BCUT2D eigenvalue weighted by Crippen LogP contribution is 2.30. The molecule has 0 aliphatic carbocycles. The van der Waals surface area contributed by atoms with Crippen LogP contribution in [0, 0.1) is 5.82 Å². The molecule has 17 heteroatoms. The summed E-state index contributed by atoms with van der Waals surface area (Å²) in [6.45, 7) is 5.24. The van der Waals surface area contributed by atoms with Gasteiger partial charge in [0.1, 0.15) is 11.5 Å². The first kappa shape index (κ1) is 30.3. The van der Waals surface area contributed by atoms with Crippen molar-refractivity contribution in [3.63, 3.8) is 0 Å². The fourth-order valence-electron chi connectivity index (χ4n) is 3.49. The summed E-state index contributed by atoms with van der Waals surface area (Å²) in [5, 5.41) is 22.2. The molecule has 0 spiro atoms. The molecular formula is C22H22BrF4N7O4S. The molecule has 0 radical (unpaired) electrons. The summed E-state index contributed by atoms with van der Waals surface area (Å²) in [5.41, 5.74) is 2.45. The third-order valence-electron chi connectivity index (χ3n) is 5.47. The van der Waals surface area contributed by atoms with E-state index in [1.54, 1.807) is 5.38 Å². The number of amidine groups is 1. The smallest absolute Gasteiger partial charge is 0.304 e. The number of rotatable bonds is 6. The number of carbonyl (C=O) groups excluding carboxylic acids is 2. The summed E-state index contributed by atoms with van der Waals surface area (Å²) < 4.78 is 49.6. The highest BCUT2D eigenvalue weighted by molar-refractivity contribution is 9.10. The van der Waals surface area contributed by atoms with Crippen LogP contribution in [0.5, 0.6) is 0 Å². The topological polar surface area (TPSA) is 146 Å². The second kappa shape index (κ2) is 13.7. The average molecular weight is 636 g/mol. The van der Waals surface area contributed by atoms with Crippen molar-refractivity contribution in [3.05, 3.63) is 50.3 Å². The van der Waals surface area contributed by atoms with Crippen LogP contribution in [0.4, 0.5) is 29.1 Å². The van der Waals surface area contributed by atoms with Crippen LogP contribution < -0.4 is 10.8 Å². The van der Waals surface area contributed by atoms with Crippen LogP contribution in [-0.2, 0) is 4.79 Å². The van der Waals surface area contributed by atoms with E-state index in [2.05, 4.69) is 53.4 Å². The van der Waals surface area contributed by atoms with Gasteiger partial charge >= 0.3 is 6.18 Å². The van der Waals surface area contributed by atoms with Gasteiger partial charge in [0.2, 0.25) is 12.1 Å². The lowest BCUT2D eigenvalue weighted by Crippen LogP contribution is -2.32. The van der Waals surface area contributed by atoms with Crippen molar-refractivity contribution in [2.45, 2.75) is 31.9 Å². The first-order valence-electron chi connectivity index (χ1n) is 11.3. The van der Waals surface area contributed by atoms with Crippen LogP contribution in [0.3, 0.4) is 0 Å². The van der Waals surface area contributed by atoms with Gasteiger partial charge in [-0.2, -0.15) is 13.2 Å². The van der Waals surface area contributed by atoms with Crippen molar-refractivity contribution in [1.82, 2.24) is 25.7 Å². The maximum absolute atomic E-state index is 13.5. The number of carbonyl (C=O) groups is 2. The molecular weight excluding hydrogens is 614 g/mol. The molecule has 2 aromatic heterocycles. The Bertz CT molecular complexity index is 1310. The Morgan fingerprint density at radius 3 is 2.62 bits per heavy atom. The monoisotopic (exact) mass is 635 g/mol. The Morgan fingerprint density at radius 2 is 2.03 bits per heavy atom. The molecule has 1 aliphatic heterocycles. The third kappa shape index (κ3) is 8.61. The predicted octanol–water partition coefficient (Wildman–Crippen LogP) is 4.68. The molecule has 210 valence electrons. The first-order valence-corrected chi connectivity index (χ1v) is 13.0. The maximum atomic E-state index is 13.5. The van der Waals surface area contributed by atoms with Crippen molar-refractivity contribution >= 4 is 56.8 Å². The van der Waals surface area contributed by atoms with Gasteiger partial charge in [-0.3, -0.25) is 20.3 Å². The lowest BCUT2D eigenvalue weighted by atomic mass is 9.98. The number of hydroxylamine groups is 1. The van der Waals surface area contributed by atoms with Gasteiger partial charge in [-0.25, -0.2) is 19.0 Å². The number of hydrogen-bond donors (Lipinski definition) is 3. The molecule has 1 fully saturated rings. The number of nitrogens with one attached hydrogen (secondary N) is 2. The number of amides is 1. The van der Waals surface area contributed by atoms with Gasteiger partial charge in [-0.15, -0.1) is 11.3 Å². The minimum absolute atomic E-state index is 0.0336. The number of hydrogen-bond acceptors (Lipinski definition) is 10. The Morgan fingerprint density at radius 1 is 1.33 bits per heavy atom. The highest BCUT2D eigenvalue weighted by atomic mass is 79.9. The molecule has 0 bridgehead atoms. The molecule has 0 saturated carbocycles. The second-order valence-corrected chi connectivity index (χ2v) is 9.77. The zero-order chi connectivity index (χ0) is 28.6. The van der Waals surface area contributed by atoms with Crippen molar-refractivity contribution in [3.8, 4) is 0 Å². The van der Waals surface area contributed by atoms with Crippen LogP contribution in [0.15, 0.2) is 37.7 Å². The SMILES string of the molecule is CCN1CCC(c2nc(C(=O)Nc3nonc3C(=Nc3ccc(F)c(Br)c3)NO)cs2)CC1.O=CC(F)(F)F. The van der Waals surface area contributed by atoms with Crippen LogP contribution >= 0.6 is 27.3 Å². The number of benzene rings is 1. The minimum Gasteiger partial charge on any atom is -0.304 e. The number of aliphatic imine (C=N–C) groups is 1. The van der Waals surface area contributed by atoms with Crippen LogP contribution in [0.2, 0.25) is 0 Å². The van der Waals surface area contributed by atoms with E-state index in [4.69, 9.17) is 9.42 Å².